The van der Waals surface area contributed by atoms with Crippen molar-refractivity contribution in [1.82, 2.24) is 4.98 Å². The van der Waals surface area contributed by atoms with Crippen LogP contribution in [0.15, 0.2) is 35.3 Å². The van der Waals surface area contributed by atoms with Crippen molar-refractivity contribution in [1.29, 1.82) is 5.41 Å². The Bertz CT molecular complexity index is 875. The molecule has 0 saturated heterocycles. The van der Waals surface area contributed by atoms with Crippen LogP contribution in [-0.4, -0.2) is 28.8 Å². The highest BCUT2D eigenvalue weighted by Gasteiger charge is 2.23. The molecule has 138 valence electrons. The van der Waals surface area contributed by atoms with Gasteiger partial charge < -0.3 is 15.0 Å². The van der Waals surface area contributed by atoms with E-state index in [0.29, 0.717) is 11.4 Å². The number of aromatic amines is 1. The molecule has 6 nitrogen and oxygen atoms in total. The van der Waals surface area contributed by atoms with Crippen LogP contribution in [0.3, 0.4) is 0 Å². The summed E-state index contributed by atoms with van der Waals surface area (Å²) >= 11 is 0. The minimum Gasteiger partial charge on any atom is -0.462 e. The molecule has 0 atom stereocenters. The fourth-order valence-electron chi connectivity index (χ4n) is 2.47. The van der Waals surface area contributed by atoms with Gasteiger partial charge >= 0.3 is 5.97 Å². The van der Waals surface area contributed by atoms with Crippen LogP contribution >= 0.6 is 0 Å². The first-order valence-corrected chi connectivity index (χ1v) is 8.51. The molecule has 0 saturated carbocycles. The highest BCUT2D eigenvalue weighted by atomic mass is 16.5. The third-order valence-electron chi connectivity index (χ3n) is 3.67. The highest BCUT2D eigenvalue weighted by molar-refractivity contribution is 6.14. The zero-order valence-corrected chi connectivity index (χ0v) is 15.8. The lowest BCUT2D eigenvalue weighted by atomic mass is 9.99. The average Bonchev–Trinajstić information content (AvgIpc) is 2.54. The largest absolute Gasteiger partial charge is 0.462 e. The van der Waals surface area contributed by atoms with Crippen LogP contribution in [0.4, 0.5) is 5.82 Å². The van der Waals surface area contributed by atoms with E-state index >= 15 is 0 Å². The molecule has 1 heterocycles. The van der Waals surface area contributed by atoms with Crippen molar-refractivity contribution in [2.75, 3.05) is 11.9 Å². The van der Waals surface area contributed by atoms with Gasteiger partial charge in [-0.2, -0.15) is 0 Å². The SMILES string of the molecule is CCOC(=O)c1c[nH]c(NC(C)(C)C)c(C(=N)c2ccc(C)cc2)c1=O. The molecule has 3 N–H and O–H groups in total. The second-order valence-corrected chi connectivity index (χ2v) is 7.12. The number of carbonyl (C=O) groups excluding carboxylic acids is 1. The third-order valence-corrected chi connectivity index (χ3v) is 3.67. The average molecular weight is 355 g/mol. The normalized spacial score (nSPS) is 11.1. The highest BCUT2D eigenvalue weighted by Crippen LogP contribution is 2.19. The summed E-state index contributed by atoms with van der Waals surface area (Å²) in [7, 11) is 0. The summed E-state index contributed by atoms with van der Waals surface area (Å²) < 4.78 is 4.96. The maximum absolute atomic E-state index is 13.0. The Kier molecular flexibility index (Phi) is 5.65. The van der Waals surface area contributed by atoms with Crippen molar-refractivity contribution >= 4 is 17.5 Å². The van der Waals surface area contributed by atoms with E-state index in [1.54, 1.807) is 19.1 Å². The van der Waals surface area contributed by atoms with Crippen LogP contribution in [0.5, 0.6) is 0 Å². The Labute approximate surface area is 153 Å². The fraction of sp³-hybridized carbons (Fsp3) is 0.350. The van der Waals surface area contributed by atoms with E-state index in [1.165, 1.54) is 6.20 Å². The van der Waals surface area contributed by atoms with E-state index in [2.05, 4.69) is 10.3 Å². The van der Waals surface area contributed by atoms with E-state index in [4.69, 9.17) is 10.1 Å². The van der Waals surface area contributed by atoms with Gasteiger partial charge in [-0.3, -0.25) is 10.2 Å². The van der Waals surface area contributed by atoms with Crippen molar-refractivity contribution in [3.63, 3.8) is 0 Å². The van der Waals surface area contributed by atoms with Crippen LogP contribution in [-0.2, 0) is 4.74 Å². The number of pyridine rings is 1. The van der Waals surface area contributed by atoms with Crippen molar-refractivity contribution in [2.24, 2.45) is 0 Å². The summed E-state index contributed by atoms with van der Waals surface area (Å²) in [4.78, 5) is 28.0. The molecule has 0 radical (unpaired) electrons. The maximum atomic E-state index is 13.0. The van der Waals surface area contributed by atoms with Gasteiger partial charge in [-0.25, -0.2) is 4.79 Å². The Morgan fingerprint density at radius 2 is 1.85 bits per heavy atom. The Hall–Kier alpha value is -2.89. The van der Waals surface area contributed by atoms with Gasteiger partial charge in [-0.1, -0.05) is 29.8 Å². The molecule has 0 spiro atoms. The lowest BCUT2D eigenvalue weighted by Gasteiger charge is -2.24. The van der Waals surface area contributed by atoms with Gasteiger partial charge in [0.1, 0.15) is 11.4 Å². The smallest absolute Gasteiger partial charge is 0.343 e. The zero-order valence-electron chi connectivity index (χ0n) is 15.8. The van der Waals surface area contributed by atoms with Gasteiger partial charge in [0.2, 0.25) is 5.43 Å². The minimum absolute atomic E-state index is 0.0455. The molecule has 0 bridgehead atoms. The number of carbonyl (C=O) groups is 1. The molecule has 2 rings (SSSR count). The molecule has 0 aliphatic heterocycles. The van der Waals surface area contributed by atoms with Crippen molar-refractivity contribution < 1.29 is 9.53 Å². The number of ether oxygens (including phenoxy) is 1. The summed E-state index contributed by atoms with van der Waals surface area (Å²) in [6.45, 7) is 9.65. The molecule has 1 aromatic carbocycles. The molecular weight excluding hydrogens is 330 g/mol. The monoisotopic (exact) mass is 355 g/mol. The number of H-pyrrole nitrogens is 1. The van der Waals surface area contributed by atoms with Crippen molar-refractivity contribution in [3.05, 3.63) is 62.9 Å². The number of aryl methyl sites for hydroxylation is 1. The molecule has 0 aliphatic carbocycles. The van der Waals surface area contributed by atoms with Gasteiger partial charge in [0.05, 0.1) is 17.9 Å². The molecule has 1 aromatic heterocycles. The van der Waals surface area contributed by atoms with E-state index < -0.39 is 11.4 Å². The van der Waals surface area contributed by atoms with Crippen LogP contribution in [0.2, 0.25) is 0 Å². The van der Waals surface area contributed by atoms with Crippen LogP contribution < -0.4 is 10.7 Å². The summed E-state index contributed by atoms with van der Waals surface area (Å²) in [5, 5.41) is 11.8. The first-order valence-electron chi connectivity index (χ1n) is 8.51. The third kappa shape index (κ3) is 4.39. The number of aromatic nitrogens is 1. The number of nitrogens with one attached hydrogen (secondary N) is 3. The molecule has 0 unspecified atom stereocenters. The second kappa shape index (κ2) is 7.56. The maximum Gasteiger partial charge on any atom is 0.343 e. The van der Waals surface area contributed by atoms with E-state index in [0.717, 1.165) is 5.56 Å². The number of hydrogen-bond donors (Lipinski definition) is 3. The quantitative estimate of drug-likeness (QED) is 0.565. The second-order valence-electron chi connectivity index (χ2n) is 7.12. The first-order chi connectivity index (χ1) is 12.1. The molecule has 0 fully saturated rings. The van der Waals surface area contributed by atoms with Gasteiger partial charge in [0.15, 0.2) is 0 Å². The number of benzene rings is 1. The summed E-state index contributed by atoms with van der Waals surface area (Å²) in [5.74, 6) is -0.296. The number of esters is 1. The number of anilines is 1. The topological polar surface area (TPSA) is 95.0 Å². The summed E-state index contributed by atoms with van der Waals surface area (Å²) in [5.41, 5.74) is 0.843. The molecule has 6 heteroatoms. The van der Waals surface area contributed by atoms with Crippen LogP contribution in [0.1, 0.15) is 54.7 Å². The van der Waals surface area contributed by atoms with Gasteiger partial charge in [0, 0.05) is 17.3 Å². The Morgan fingerprint density at radius 1 is 1.23 bits per heavy atom. The van der Waals surface area contributed by atoms with E-state index in [9.17, 15) is 9.59 Å². The molecule has 2 aromatic rings. The van der Waals surface area contributed by atoms with Crippen LogP contribution in [0, 0.1) is 12.3 Å². The van der Waals surface area contributed by atoms with Gasteiger partial charge in [-0.15, -0.1) is 0 Å². The molecule has 0 aliphatic rings. The van der Waals surface area contributed by atoms with E-state index in [1.807, 2.05) is 39.8 Å². The zero-order chi connectivity index (χ0) is 19.5. The fourth-order valence-corrected chi connectivity index (χ4v) is 2.47. The molecular formula is C20H25N3O3. The molecule has 0 amide bonds. The lowest BCUT2D eigenvalue weighted by Crippen LogP contribution is -2.32. The Morgan fingerprint density at radius 3 is 2.38 bits per heavy atom. The van der Waals surface area contributed by atoms with Crippen molar-refractivity contribution in [3.8, 4) is 0 Å². The van der Waals surface area contributed by atoms with Crippen LogP contribution in [0.25, 0.3) is 0 Å². The predicted octanol–water partition coefficient (Wildman–Crippen LogP) is 3.49. The first kappa shape index (κ1) is 19.4. The number of rotatable bonds is 5. The lowest BCUT2D eigenvalue weighted by molar-refractivity contribution is 0.0524. The van der Waals surface area contributed by atoms with E-state index in [-0.39, 0.29) is 29.0 Å². The van der Waals surface area contributed by atoms with Crippen molar-refractivity contribution in [2.45, 2.75) is 40.2 Å². The number of hydrogen-bond acceptors (Lipinski definition) is 5. The minimum atomic E-state index is -0.700. The summed E-state index contributed by atoms with van der Waals surface area (Å²) in [6, 6.07) is 7.33. The van der Waals surface area contributed by atoms with Gasteiger partial charge in [0.25, 0.3) is 0 Å². The predicted molar refractivity (Wildman–Crippen MR) is 104 cm³/mol. The summed E-state index contributed by atoms with van der Waals surface area (Å²) in [6.07, 6.45) is 1.33. The van der Waals surface area contributed by atoms with Gasteiger partial charge in [-0.05, 0) is 34.6 Å². The Balaban J connectivity index is 2.63. The molecule has 26 heavy (non-hydrogen) atoms. The standard InChI is InChI=1S/C20H25N3O3/c1-6-26-19(25)14-11-22-18(23-20(3,4)5)15(17(14)24)16(21)13-9-7-12(2)8-10-13/h7-11,21H,6H2,1-5H3,(H2,22,23,24).